The van der Waals surface area contributed by atoms with Gasteiger partial charge in [0.1, 0.15) is 11.2 Å². The number of amides is 1. The van der Waals surface area contributed by atoms with Crippen molar-refractivity contribution >= 4 is 33.7 Å². The molecule has 7 nitrogen and oxygen atoms in total. The Morgan fingerprint density at radius 2 is 1.78 bits per heavy atom. The zero-order valence-electron chi connectivity index (χ0n) is 18.6. The molecule has 5 rings (SSSR count). The molecule has 0 spiro atoms. The fourth-order valence-corrected chi connectivity index (χ4v) is 4.32. The Kier molecular flexibility index (Phi) is 4.96. The molecule has 1 fully saturated rings. The minimum Gasteiger partial charge on any atom is -0.444 e. The van der Waals surface area contributed by atoms with Gasteiger partial charge in [0.2, 0.25) is 0 Å². The van der Waals surface area contributed by atoms with Crippen molar-refractivity contribution in [2.75, 3.05) is 31.1 Å². The maximum atomic E-state index is 12.5. The lowest BCUT2D eigenvalue weighted by Crippen LogP contribution is -2.50. The van der Waals surface area contributed by atoms with E-state index in [9.17, 15) is 4.79 Å². The van der Waals surface area contributed by atoms with Crippen LogP contribution in [-0.2, 0) is 4.74 Å². The van der Waals surface area contributed by atoms with Crippen molar-refractivity contribution < 1.29 is 9.53 Å². The van der Waals surface area contributed by atoms with E-state index in [2.05, 4.69) is 44.1 Å². The Bertz CT molecular complexity index is 1280. The molecule has 4 heterocycles. The van der Waals surface area contributed by atoms with Crippen molar-refractivity contribution in [1.29, 1.82) is 0 Å². The molecule has 1 aliphatic rings. The molecule has 0 bridgehead atoms. The summed E-state index contributed by atoms with van der Waals surface area (Å²) in [5.74, 6) is 0. The van der Waals surface area contributed by atoms with Gasteiger partial charge < -0.3 is 19.5 Å². The van der Waals surface area contributed by atoms with Gasteiger partial charge in [0.15, 0.2) is 0 Å². The third-order valence-corrected chi connectivity index (χ3v) is 5.76. The molecule has 164 valence electrons. The predicted molar refractivity (Wildman–Crippen MR) is 127 cm³/mol. The minimum absolute atomic E-state index is 0.248. The normalized spacial score (nSPS) is 14.8. The third-order valence-electron chi connectivity index (χ3n) is 5.76. The first-order valence-corrected chi connectivity index (χ1v) is 10.9. The number of anilines is 1. The number of aromatic nitrogens is 3. The van der Waals surface area contributed by atoms with Crippen molar-refractivity contribution in [3.8, 4) is 11.1 Å². The smallest absolute Gasteiger partial charge is 0.410 e. The summed E-state index contributed by atoms with van der Waals surface area (Å²) in [4.78, 5) is 29.0. The summed E-state index contributed by atoms with van der Waals surface area (Å²) in [5.41, 5.74) is 4.73. The molecule has 0 saturated carbocycles. The van der Waals surface area contributed by atoms with Crippen LogP contribution in [0.4, 0.5) is 10.5 Å². The molecule has 1 saturated heterocycles. The monoisotopic (exact) mass is 429 g/mol. The first-order chi connectivity index (χ1) is 15.4. The number of nitrogens with one attached hydrogen (secondary N) is 1. The zero-order valence-corrected chi connectivity index (χ0v) is 18.6. The lowest BCUT2D eigenvalue weighted by molar-refractivity contribution is 0.0240. The first-order valence-electron chi connectivity index (χ1n) is 10.9. The van der Waals surface area contributed by atoms with Gasteiger partial charge >= 0.3 is 6.09 Å². The number of benzene rings is 1. The van der Waals surface area contributed by atoms with E-state index in [1.54, 1.807) is 4.90 Å². The number of carbonyl (C=O) groups excluding carboxylic acids is 1. The van der Waals surface area contributed by atoms with Gasteiger partial charge in [-0.3, -0.25) is 4.98 Å². The Balaban J connectivity index is 1.47. The fraction of sp³-hybridized carbons (Fsp3) is 0.320. The summed E-state index contributed by atoms with van der Waals surface area (Å²) in [6, 6.07) is 12.4. The van der Waals surface area contributed by atoms with Gasteiger partial charge in [-0.05, 0) is 44.5 Å². The molecule has 0 aliphatic carbocycles. The third kappa shape index (κ3) is 3.75. The highest BCUT2D eigenvalue weighted by molar-refractivity contribution is 6.13. The van der Waals surface area contributed by atoms with Gasteiger partial charge in [-0.2, -0.15) is 0 Å². The second kappa shape index (κ2) is 7.82. The Morgan fingerprint density at radius 1 is 1.00 bits per heavy atom. The van der Waals surface area contributed by atoms with Crippen LogP contribution in [0, 0.1) is 0 Å². The molecule has 0 atom stereocenters. The number of piperazine rings is 1. The molecule has 1 aromatic carbocycles. The SMILES string of the molecule is CC(C)(C)OC(=O)N1CCN(c2ccncc2-c2ccnc3[nH]c4ccccc4c23)CC1. The van der Waals surface area contributed by atoms with Crippen LogP contribution >= 0.6 is 0 Å². The lowest BCUT2D eigenvalue weighted by atomic mass is 10.0. The number of hydrogen-bond acceptors (Lipinski definition) is 5. The van der Waals surface area contributed by atoms with Crippen molar-refractivity contribution in [2.45, 2.75) is 26.4 Å². The van der Waals surface area contributed by atoms with Gasteiger partial charge in [-0.15, -0.1) is 0 Å². The van der Waals surface area contributed by atoms with Crippen LogP contribution in [0.25, 0.3) is 33.1 Å². The van der Waals surface area contributed by atoms with Crippen molar-refractivity contribution in [3.05, 3.63) is 55.0 Å². The van der Waals surface area contributed by atoms with Crippen LogP contribution < -0.4 is 4.90 Å². The van der Waals surface area contributed by atoms with Crippen LogP contribution in [0.1, 0.15) is 20.8 Å². The topological polar surface area (TPSA) is 74.3 Å². The molecule has 4 aromatic rings. The summed E-state index contributed by atoms with van der Waals surface area (Å²) in [5, 5.41) is 2.25. The van der Waals surface area contributed by atoms with E-state index in [4.69, 9.17) is 4.74 Å². The van der Waals surface area contributed by atoms with E-state index in [-0.39, 0.29) is 6.09 Å². The van der Waals surface area contributed by atoms with Crippen LogP contribution in [-0.4, -0.2) is 57.7 Å². The average Bonchev–Trinajstić information content (AvgIpc) is 3.17. The minimum atomic E-state index is -0.488. The quantitative estimate of drug-likeness (QED) is 0.494. The zero-order chi connectivity index (χ0) is 22.3. The molecule has 1 N–H and O–H groups in total. The van der Waals surface area contributed by atoms with Crippen molar-refractivity contribution in [3.63, 3.8) is 0 Å². The number of nitrogens with zero attached hydrogens (tertiary/aromatic N) is 4. The van der Waals surface area contributed by atoms with Gasteiger partial charge in [0.05, 0.1) is 0 Å². The summed E-state index contributed by atoms with van der Waals surface area (Å²) in [6.45, 7) is 8.39. The number of ether oxygens (including phenoxy) is 1. The molecular weight excluding hydrogens is 402 g/mol. The summed E-state index contributed by atoms with van der Waals surface area (Å²) in [7, 11) is 0. The number of aromatic amines is 1. The summed E-state index contributed by atoms with van der Waals surface area (Å²) in [6.07, 6.45) is 5.34. The lowest BCUT2D eigenvalue weighted by Gasteiger charge is -2.37. The largest absolute Gasteiger partial charge is 0.444 e. The Labute approximate surface area is 187 Å². The maximum Gasteiger partial charge on any atom is 0.410 e. The first kappa shape index (κ1) is 20.3. The van der Waals surface area contributed by atoms with Crippen LogP contribution in [0.15, 0.2) is 55.0 Å². The van der Waals surface area contributed by atoms with Crippen LogP contribution in [0.5, 0.6) is 0 Å². The van der Waals surface area contributed by atoms with E-state index < -0.39 is 5.60 Å². The van der Waals surface area contributed by atoms with Gasteiger partial charge in [0.25, 0.3) is 0 Å². The number of fused-ring (bicyclic) bond motifs is 3. The van der Waals surface area contributed by atoms with E-state index >= 15 is 0 Å². The highest BCUT2D eigenvalue weighted by Crippen LogP contribution is 2.38. The number of rotatable bonds is 2. The van der Waals surface area contributed by atoms with Gasteiger partial charge in [-0.25, -0.2) is 9.78 Å². The Morgan fingerprint density at radius 3 is 2.56 bits per heavy atom. The molecule has 1 aliphatic heterocycles. The fourth-order valence-electron chi connectivity index (χ4n) is 4.32. The Hall–Kier alpha value is -3.61. The molecule has 7 heteroatoms. The number of H-pyrrole nitrogens is 1. The van der Waals surface area contributed by atoms with E-state index in [1.165, 1.54) is 0 Å². The number of pyridine rings is 2. The van der Waals surface area contributed by atoms with Crippen LogP contribution in [0.3, 0.4) is 0 Å². The van der Waals surface area contributed by atoms with E-state index in [0.29, 0.717) is 13.1 Å². The molecule has 32 heavy (non-hydrogen) atoms. The number of carbonyl (C=O) groups is 1. The summed E-state index contributed by atoms with van der Waals surface area (Å²) >= 11 is 0. The van der Waals surface area contributed by atoms with Gasteiger partial charge in [-0.1, -0.05) is 18.2 Å². The number of para-hydroxylation sites is 1. The molecule has 1 amide bonds. The van der Waals surface area contributed by atoms with Gasteiger partial charge in [0, 0.05) is 72.3 Å². The summed E-state index contributed by atoms with van der Waals surface area (Å²) < 4.78 is 5.54. The van der Waals surface area contributed by atoms with Crippen molar-refractivity contribution in [1.82, 2.24) is 19.9 Å². The second-order valence-corrected chi connectivity index (χ2v) is 9.10. The van der Waals surface area contributed by atoms with E-state index in [1.807, 2.05) is 51.5 Å². The molecule has 0 unspecified atom stereocenters. The highest BCUT2D eigenvalue weighted by Gasteiger charge is 2.27. The predicted octanol–water partition coefficient (Wildman–Crippen LogP) is 4.84. The number of hydrogen-bond donors (Lipinski definition) is 1. The van der Waals surface area contributed by atoms with Crippen molar-refractivity contribution in [2.24, 2.45) is 0 Å². The van der Waals surface area contributed by atoms with E-state index in [0.717, 1.165) is 51.8 Å². The maximum absolute atomic E-state index is 12.5. The molecule has 0 radical (unpaired) electrons. The average molecular weight is 430 g/mol. The second-order valence-electron chi connectivity index (χ2n) is 9.10. The highest BCUT2D eigenvalue weighted by atomic mass is 16.6. The standard InChI is InChI=1S/C25H27N5O2/c1-25(2,3)32-24(31)30-14-12-29(13-15-30)21-9-10-26-16-19(21)17-8-11-27-23-22(17)18-6-4-5-7-20(18)28-23/h4-11,16H,12-15H2,1-3H3,(H,27,28). The molecular formula is C25H27N5O2. The molecule has 3 aromatic heterocycles. The van der Waals surface area contributed by atoms with Crippen LogP contribution in [0.2, 0.25) is 0 Å².